The van der Waals surface area contributed by atoms with Crippen molar-refractivity contribution in [2.24, 2.45) is 5.92 Å². The lowest BCUT2D eigenvalue weighted by atomic mass is 10.0. The van der Waals surface area contributed by atoms with E-state index in [0.29, 0.717) is 23.2 Å². The maximum atomic E-state index is 11.7. The molecule has 1 saturated carbocycles. The van der Waals surface area contributed by atoms with Gasteiger partial charge in [0.15, 0.2) is 0 Å². The molecule has 0 bridgehead atoms. The molecule has 0 aromatic heterocycles. The lowest BCUT2D eigenvalue weighted by Crippen LogP contribution is -2.36. The molecule has 1 aliphatic carbocycles. The SMILES string of the molecule is O=C(NCCC1CCCC1)C(=O)Nc1ccccc1Cl. The van der Waals surface area contributed by atoms with E-state index in [2.05, 4.69) is 10.6 Å². The van der Waals surface area contributed by atoms with Crippen molar-refractivity contribution in [3.63, 3.8) is 0 Å². The van der Waals surface area contributed by atoms with E-state index in [-0.39, 0.29) is 0 Å². The van der Waals surface area contributed by atoms with Gasteiger partial charge >= 0.3 is 11.8 Å². The minimum absolute atomic E-state index is 0.416. The van der Waals surface area contributed by atoms with Crippen molar-refractivity contribution < 1.29 is 9.59 Å². The predicted octanol–water partition coefficient (Wildman–Crippen LogP) is 2.98. The van der Waals surface area contributed by atoms with Gasteiger partial charge in [-0.05, 0) is 24.5 Å². The van der Waals surface area contributed by atoms with E-state index in [0.717, 1.165) is 6.42 Å². The number of amides is 2. The second-order valence-corrected chi connectivity index (χ2v) is 5.54. The number of rotatable bonds is 4. The highest BCUT2D eigenvalue weighted by atomic mass is 35.5. The molecule has 5 heteroatoms. The third kappa shape index (κ3) is 4.23. The van der Waals surface area contributed by atoms with E-state index in [9.17, 15) is 9.59 Å². The Labute approximate surface area is 123 Å². The Hall–Kier alpha value is -1.55. The first kappa shape index (κ1) is 14.9. The van der Waals surface area contributed by atoms with Crippen molar-refractivity contribution >= 4 is 29.1 Å². The van der Waals surface area contributed by atoms with E-state index < -0.39 is 11.8 Å². The van der Waals surface area contributed by atoms with Crippen LogP contribution in [0, 0.1) is 5.92 Å². The summed E-state index contributed by atoms with van der Waals surface area (Å²) in [6, 6.07) is 6.83. The third-order valence-corrected chi connectivity index (χ3v) is 3.97. The number of carbonyl (C=O) groups is 2. The Morgan fingerprint density at radius 1 is 1.15 bits per heavy atom. The summed E-state index contributed by atoms with van der Waals surface area (Å²) < 4.78 is 0. The van der Waals surface area contributed by atoms with Gasteiger partial charge in [-0.2, -0.15) is 0 Å². The van der Waals surface area contributed by atoms with Crippen molar-refractivity contribution in [1.82, 2.24) is 5.32 Å². The minimum Gasteiger partial charge on any atom is -0.348 e. The smallest absolute Gasteiger partial charge is 0.313 e. The van der Waals surface area contributed by atoms with Gasteiger partial charge in [0.2, 0.25) is 0 Å². The average Bonchev–Trinajstić information content (AvgIpc) is 2.94. The Kier molecular flexibility index (Phi) is 5.41. The van der Waals surface area contributed by atoms with Crippen molar-refractivity contribution in [2.75, 3.05) is 11.9 Å². The Bertz CT molecular complexity index is 485. The number of halogens is 1. The standard InChI is InChI=1S/C15H19ClN2O2/c16-12-7-3-4-8-13(12)18-15(20)14(19)17-10-9-11-5-1-2-6-11/h3-4,7-8,11H,1-2,5-6,9-10H2,(H,17,19)(H,18,20). The highest BCUT2D eigenvalue weighted by molar-refractivity contribution is 6.41. The van der Waals surface area contributed by atoms with E-state index in [1.165, 1.54) is 25.7 Å². The molecular weight excluding hydrogens is 276 g/mol. The summed E-state index contributed by atoms with van der Waals surface area (Å²) in [5.74, 6) is -0.589. The Balaban J connectivity index is 1.74. The molecule has 1 aromatic carbocycles. The molecule has 0 heterocycles. The summed E-state index contributed by atoms with van der Waals surface area (Å²) in [5, 5.41) is 5.58. The summed E-state index contributed by atoms with van der Waals surface area (Å²) in [5.41, 5.74) is 0.449. The van der Waals surface area contributed by atoms with Crippen LogP contribution in [0.3, 0.4) is 0 Å². The van der Waals surface area contributed by atoms with Crippen molar-refractivity contribution in [3.8, 4) is 0 Å². The van der Waals surface area contributed by atoms with Crippen LogP contribution in [0.1, 0.15) is 32.1 Å². The van der Waals surface area contributed by atoms with Crippen molar-refractivity contribution in [2.45, 2.75) is 32.1 Å². The van der Waals surface area contributed by atoms with Crippen LogP contribution in [0.2, 0.25) is 5.02 Å². The van der Waals surface area contributed by atoms with Gasteiger partial charge in [0.1, 0.15) is 0 Å². The number of anilines is 1. The largest absolute Gasteiger partial charge is 0.348 e. The zero-order valence-corrected chi connectivity index (χ0v) is 12.1. The van der Waals surface area contributed by atoms with Gasteiger partial charge in [0, 0.05) is 6.54 Å². The fourth-order valence-corrected chi connectivity index (χ4v) is 2.69. The van der Waals surface area contributed by atoms with Crippen LogP contribution in [0.25, 0.3) is 0 Å². The second-order valence-electron chi connectivity index (χ2n) is 5.13. The van der Waals surface area contributed by atoms with E-state index in [4.69, 9.17) is 11.6 Å². The molecule has 0 radical (unpaired) electrons. The Morgan fingerprint density at radius 2 is 1.85 bits per heavy atom. The normalized spacial score (nSPS) is 15.1. The first-order valence-electron chi connectivity index (χ1n) is 7.00. The van der Waals surface area contributed by atoms with Crippen LogP contribution >= 0.6 is 11.6 Å². The summed E-state index contributed by atoms with van der Waals surface area (Å²) in [4.78, 5) is 23.4. The van der Waals surface area contributed by atoms with Gasteiger partial charge in [-0.3, -0.25) is 9.59 Å². The molecule has 0 atom stereocenters. The van der Waals surface area contributed by atoms with Gasteiger partial charge in [-0.15, -0.1) is 0 Å². The third-order valence-electron chi connectivity index (χ3n) is 3.64. The van der Waals surface area contributed by atoms with E-state index in [1.807, 2.05) is 0 Å². The maximum Gasteiger partial charge on any atom is 0.313 e. The number of hydrogen-bond donors (Lipinski definition) is 2. The number of benzene rings is 1. The number of hydrogen-bond acceptors (Lipinski definition) is 2. The molecule has 2 amide bonds. The van der Waals surface area contributed by atoms with Crippen molar-refractivity contribution in [3.05, 3.63) is 29.3 Å². The first-order chi connectivity index (χ1) is 9.66. The molecule has 4 nitrogen and oxygen atoms in total. The van der Waals surface area contributed by atoms with Crippen LogP contribution in [0.5, 0.6) is 0 Å². The molecule has 1 aromatic rings. The molecule has 2 rings (SSSR count). The van der Waals surface area contributed by atoms with Crippen LogP contribution in [0.4, 0.5) is 5.69 Å². The molecule has 20 heavy (non-hydrogen) atoms. The van der Waals surface area contributed by atoms with Gasteiger partial charge < -0.3 is 10.6 Å². The highest BCUT2D eigenvalue weighted by Gasteiger charge is 2.17. The topological polar surface area (TPSA) is 58.2 Å². The van der Waals surface area contributed by atoms with Crippen molar-refractivity contribution in [1.29, 1.82) is 0 Å². The summed E-state index contributed by atoms with van der Waals surface area (Å²) in [6.07, 6.45) is 5.99. The molecule has 0 unspecified atom stereocenters. The average molecular weight is 295 g/mol. The quantitative estimate of drug-likeness (QED) is 0.839. The fraction of sp³-hybridized carbons (Fsp3) is 0.467. The van der Waals surface area contributed by atoms with Crippen LogP contribution in [-0.4, -0.2) is 18.4 Å². The number of para-hydroxylation sites is 1. The van der Waals surface area contributed by atoms with E-state index >= 15 is 0 Å². The minimum atomic E-state index is -0.676. The molecule has 0 aliphatic heterocycles. The zero-order chi connectivity index (χ0) is 14.4. The molecule has 2 N–H and O–H groups in total. The maximum absolute atomic E-state index is 11.7. The van der Waals surface area contributed by atoms with E-state index in [1.54, 1.807) is 24.3 Å². The molecule has 0 saturated heterocycles. The predicted molar refractivity (Wildman–Crippen MR) is 79.7 cm³/mol. The zero-order valence-electron chi connectivity index (χ0n) is 11.3. The van der Waals surface area contributed by atoms with Gasteiger partial charge in [0.25, 0.3) is 0 Å². The van der Waals surface area contributed by atoms with Crippen LogP contribution in [0.15, 0.2) is 24.3 Å². The second kappa shape index (κ2) is 7.29. The lowest BCUT2D eigenvalue weighted by molar-refractivity contribution is -0.136. The summed E-state index contributed by atoms with van der Waals surface area (Å²) in [6.45, 7) is 0.555. The van der Waals surface area contributed by atoms with Gasteiger partial charge in [0.05, 0.1) is 10.7 Å². The first-order valence-corrected chi connectivity index (χ1v) is 7.38. The molecule has 1 aliphatic rings. The Morgan fingerprint density at radius 3 is 2.55 bits per heavy atom. The molecule has 1 fully saturated rings. The molecular formula is C15H19ClN2O2. The van der Waals surface area contributed by atoms with Gasteiger partial charge in [-0.1, -0.05) is 49.4 Å². The van der Waals surface area contributed by atoms with Crippen LogP contribution < -0.4 is 10.6 Å². The lowest BCUT2D eigenvalue weighted by Gasteiger charge is -2.10. The monoisotopic (exact) mass is 294 g/mol. The fourth-order valence-electron chi connectivity index (χ4n) is 2.51. The summed E-state index contributed by atoms with van der Waals surface area (Å²) in [7, 11) is 0. The summed E-state index contributed by atoms with van der Waals surface area (Å²) >= 11 is 5.92. The molecule has 108 valence electrons. The van der Waals surface area contributed by atoms with Gasteiger partial charge in [-0.25, -0.2) is 0 Å². The van der Waals surface area contributed by atoms with Crippen LogP contribution in [-0.2, 0) is 9.59 Å². The number of carbonyl (C=O) groups excluding carboxylic acids is 2. The highest BCUT2D eigenvalue weighted by Crippen LogP contribution is 2.26. The number of nitrogens with one attached hydrogen (secondary N) is 2. The molecule has 0 spiro atoms.